The van der Waals surface area contributed by atoms with Gasteiger partial charge in [0.05, 0.1) is 12.2 Å². The molecule has 0 amide bonds. The van der Waals surface area contributed by atoms with Gasteiger partial charge in [0.15, 0.2) is 5.89 Å². The van der Waals surface area contributed by atoms with Crippen LogP contribution in [0.2, 0.25) is 0 Å². The molecule has 6 nitrogen and oxygen atoms in total. The molecule has 22 heavy (non-hydrogen) atoms. The van der Waals surface area contributed by atoms with Gasteiger partial charge in [-0.25, -0.2) is 9.78 Å². The predicted molar refractivity (Wildman–Crippen MR) is 70.7 cm³/mol. The third-order valence-corrected chi connectivity index (χ3v) is 3.18. The molecule has 0 bridgehead atoms. The lowest BCUT2D eigenvalue weighted by atomic mass is 10.3. The monoisotopic (exact) mass is 317 g/mol. The fourth-order valence-corrected chi connectivity index (χ4v) is 1.99. The number of halogens is 3. The molecule has 0 aliphatic heterocycles. The first-order chi connectivity index (χ1) is 10.1. The van der Waals surface area contributed by atoms with Gasteiger partial charge in [-0.15, -0.1) is 0 Å². The normalized spacial score (nSPS) is 11.9. The van der Waals surface area contributed by atoms with Crippen molar-refractivity contribution in [3.63, 3.8) is 0 Å². The highest BCUT2D eigenvalue weighted by atomic mass is 19.4. The van der Waals surface area contributed by atoms with E-state index in [9.17, 15) is 22.8 Å². The number of aromatic nitrogens is 3. The smallest absolute Gasteiger partial charge is 0.423 e. The Labute approximate surface area is 122 Å². The van der Waals surface area contributed by atoms with Crippen molar-refractivity contribution >= 4 is 0 Å². The molecule has 0 spiro atoms. The summed E-state index contributed by atoms with van der Waals surface area (Å²) < 4.78 is 45.1. The van der Waals surface area contributed by atoms with E-state index < -0.39 is 29.5 Å². The van der Waals surface area contributed by atoms with Crippen molar-refractivity contribution in [2.45, 2.75) is 33.0 Å². The van der Waals surface area contributed by atoms with Crippen molar-refractivity contribution in [1.82, 2.24) is 14.1 Å². The standard InChI is InChI=1S/C13H14F3N3O3/c1-4-10-17-7(2)9(22-10)6-19-11(20)8(13(14,15)16)5-18(3)12(19)21/h5H,4,6H2,1-3H3. The lowest BCUT2D eigenvalue weighted by Crippen LogP contribution is -2.42. The SMILES string of the molecule is CCc1nc(C)c(Cn2c(=O)c(C(F)(F)F)cn(C)c2=O)o1. The lowest BCUT2D eigenvalue weighted by Gasteiger charge is -2.11. The molecule has 2 heterocycles. The molecule has 2 aromatic heterocycles. The number of hydrogen-bond acceptors (Lipinski definition) is 4. The van der Waals surface area contributed by atoms with Gasteiger partial charge in [-0.2, -0.15) is 13.2 Å². The number of aryl methyl sites for hydroxylation is 3. The highest BCUT2D eigenvalue weighted by Gasteiger charge is 2.36. The van der Waals surface area contributed by atoms with E-state index in [1.165, 1.54) is 0 Å². The second-order valence-corrected chi connectivity index (χ2v) is 4.80. The van der Waals surface area contributed by atoms with Gasteiger partial charge in [-0.1, -0.05) is 6.92 Å². The summed E-state index contributed by atoms with van der Waals surface area (Å²) in [5.41, 5.74) is -3.22. The number of alkyl halides is 3. The summed E-state index contributed by atoms with van der Waals surface area (Å²) in [6, 6.07) is 0. The summed E-state index contributed by atoms with van der Waals surface area (Å²) in [6.07, 6.45) is -3.85. The average molecular weight is 317 g/mol. The highest BCUT2D eigenvalue weighted by molar-refractivity contribution is 5.13. The minimum Gasteiger partial charge on any atom is -0.444 e. The van der Waals surface area contributed by atoms with Gasteiger partial charge in [-0.3, -0.25) is 9.36 Å². The van der Waals surface area contributed by atoms with E-state index in [0.717, 1.165) is 11.6 Å². The minimum absolute atomic E-state index is 0.190. The maximum atomic E-state index is 12.9. The van der Waals surface area contributed by atoms with E-state index in [2.05, 4.69) is 4.98 Å². The number of nitrogens with zero attached hydrogens (tertiary/aromatic N) is 3. The average Bonchev–Trinajstić information content (AvgIpc) is 2.78. The summed E-state index contributed by atoms with van der Waals surface area (Å²) in [4.78, 5) is 28.0. The molecular formula is C13H14F3N3O3. The summed E-state index contributed by atoms with van der Waals surface area (Å²) in [5, 5.41) is 0. The Hall–Kier alpha value is -2.32. The maximum absolute atomic E-state index is 12.9. The molecule has 0 saturated heterocycles. The summed E-state index contributed by atoms with van der Waals surface area (Å²) in [6.45, 7) is 3.00. The van der Waals surface area contributed by atoms with Gasteiger partial charge in [0, 0.05) is 19.7 Å². The predicted octanol–water partition coefficient (Wildman–Crippen LogP) is 1.47. The van der Waals surface area contributed by atoms with Crippen LogP contribution >= 0.6 is 0 Å². The van der Waals surface area contributed by atoms with Gasteiger partial charge in [0.25, 0.3) is 5.56 Å². The van der Waals surface area contributed by atoms with Crippen molar-refractivity contribution in [1.29, 1.82) is 0 Å². The van der Waals surface area contributed by atoms with E-state index >= 15 is 0 Å². The quantitative estimate of drug-likeness (QED) is 0.859. The van der Waals surface area contributed by atoms with Crippen molar-refractivity contribution in [3.8, 4) is 0 Å². The topological polar surface area (TPSA) is 70.0 Å². The molecule has 0 aliphatic carbocycles. The highest BCUT2D eigenvalue weighted by Crippen LogP contribution is 2.25. The fraction of sp³-hybridized carbons (Fsp3) is 0.462. The Bertz CT molecular complexity index is 815. The van der Waals surface area contributed by atoms with E-state index in [4.69, 9.17) is 4.42 Å². The van der Waals surface area contributed by atoms with Gasteiger partial charge >= 0.3 is 11.9 Å². The first kappa shape index (κ1) is 16.1. The second kappa shape index (κ2) is 5.47. The molecule has 9 heteroatoms. The van der Waals surface area contributed by atoms with Crippen LogP contribution in [0.3, 0.4) is 0 Å². The summed E-state index contributed by atoms with van der Waals surface area (Å²) in [7, 11) is 1.15. The van der Waals surface area contributed by atoms with Crippen molar-refractivity contribution < 1.29 is 17.6 Å². The molecule has 0 unspecified atom stereocenters. The molecule has 0 aliphatic rings. The van der Waals surface area contributed by atoms with Crippen LogP contribution in [0.5, 0.6) is 0 Å². The van der Waals surface area contributed by atoms with E-state index in [0.29, 0.717) is 28.8 Å². The lowest BCUT2D eigenvalue weighted by molar-refractivity contribution is -0.139. The first-order valence-electron chi connectivity index (χ1n) is 6.48. The van der Waals surface area contributed by atoms with E-state index in [1.807, 2.05) is 0 Å². The van der Waals surface area contributed by atoms with Crippen LogP contribution in [-0.2, 0) is 26.2 Å². The Morgan fingerprint density at radius 1 is 1.32 bits per heavy atom. The third kappa shape index (κ3) is 2.83. The van der Waals surface area contributed by atoms with Crippen LogP contribution in [0, 0.1) is 6.92 Å². The van der Waals surface area contributed by atoms with Crippen LogP contribution in [0.25, 0.3) is 0 Å². The molecule has 0 fully saturated rings. The van der Waals surface area contributed by atoms with Crippen LogP contribution in [0.1, 0.15) is 29.8 Å². The fourth-order valence-electron chi connectivity index (χ4n) is 1.99. The number of hydrogen-bond donors (Lipinski definition) is 0. The van der Waals surface area contributed by atoms with Crippen LogP contribution in [-0.4, -0.2) is 14.1 Å². The van der Waals surface area contributed by atoms with E-state index in [-0.39, 0.29) is 5.76 Å². The van der Waals surface area contributed by atoms with Crippen LogP contribution in [0.15, 0.2) is 20.2 Å². The van der Waals surface area contributed by atoms with Crippen molar-refractivity contribution in [3.05, 3.63) is 49.9 Å². The Kier molecular flexibility index (Phi) is 3.99. The zero-order chi connectivity index (χ0) is 16.7. The maximum Gasteiger partial charge on any atom is 0.423 e. The van der Waals surface area contributed by atoms with Gasteiger partial charge in [0.2, 0.25) is 0 Å². The van der Waals surface area contributed by atoms with Crippen molar-refractivity contribution in [2.24, 2.45) is 7.05 Å². The molecule has 0 saturated carbocycles. The zero-order valence-corrected chi connectivity index (χ0v) is 12.2. The molecule has 2 aromatic rings. The second-order valence-electron chi connectivity index (χ2n) is 4.80. The molecule has 0 N–H and O–H groups in total. The van der Waals surface area contributed by atoms with Crippen molar-refractivity contribution in [2.75, 3.05) is 0 Å². The summed E-state index contributed by atoms with van der Waals surface area (Å²) in [5.74, 6) is 0.583. The van der Waals surface area contributed by atoms with Gasteiger partial charge < -0.3 is 8.98 Å². The van der Waals surface area contributed by atoms with Crippen LogP contribution in [0.4, 0.5) is 13.2 Å². The van der Waals surface area contributed by atoms with Gasteiger partial charge in [0.1, 0.15) is 11.3 Å². The minimum atomic E-state index is -4.84. The first-order valence-corrected chi connectivity index (χ1v) is 6.48. The Morgan fingerprint density at radius 3 is 2.45 bits per heavy atom. The number of oxazole rings is 1. The Balaban J connectivity index is 2.60. The molecule has 120 valence electrons. The molecular weight excluding hydrogens is 303 g/mol. The van der Waals surface area contributed by atoms with Gasteiger partial charge in [-0.05, 0) is 6.92 Å². The third-order valence-electron chi connectivity index (χ3n) is 3.18. The molecule has 0 radical (unpaired) electrons. The zero-order valence-electron chi connectivity index (χ0n) is 12.2. The van der Waals surface area contributed by atoms with Crippen LogP contribution < -0.4 is 11.2 Å². The molecule has 0 aromatic carbocycles. The molecule has 2 rings (SSSR count). The summed E-state index contributed by atoms with van der Waals surface area (Å²) >= 11 is 0. The Morgan fingerprint density at radius 2 is 1.95 bits per heavy atom. The van der Waals surface area contributed by atoms with E-state index in [1.54, 1.807) is 13.8 Å². The number of rotatable bonds is 3. The largest absolute Gasteiger partial charge is 0.444 e. The molecule has 0 atom stereocenters.